The first-order chi connectivity index (χ1) is 14.7. The van der Waals surface area contributed by atoms with Gasteiger partial charge in [0.05, 0.1) is 23.0 Å². The van der Waals surface area contributed by atoms with Gasteiger partial charge in [-0.15, -0.1) is 12.4 Å². The maximum absolute atomic E-state index is 12.5. The lowest BCUT2D eigenvalue weighted by atomic mass is 10.2. The summed E-state index contributed by atoms with van der Waals surface area (Å²) in [5.74, 6) is -0.609. The highest BCUT2D eigenvalue weighted by atomic mass is 35.5. The first kappa shape index (κ1) is 24.5. The normalized spacial score (nSPS) is 14.8. The van der Waals surface area contributed by atoms with Gasteiger partial charge in [0.25, 0.3) is 11.8 Å². The van der Waals surface area contributed by atoms with Crippen LogP contribution < -0.4 is 27.4 Å². The Labute approximate surface area is 190 Å². The summed E-state index contributed by atoms with van der Waals surface area (Å²) >= 11 is 0. The van der Waals surface area contributed by atoms with Crippen molar-refractivity contribution in [1.29, 1.82) is 5.41 Å². The minimum absolute atomic E-state index is 0. The van der Waals surface area contributed by atoms with Crippen LogP contribution in [0.1, 0.15) is 40.2 Å². The average molecular weight is 464 g/mol. The highest BCUT2D eigenvalue weighted by molar-refractivity contribution is 6.05. The minimum Gasteiger partial charge on any atom is -0.388 e. The van der Waals surface area contributed by atoms with Crippen LogP contribution in [0.15, 0.2) is 29.5 Å². The molecule has 3 rings (SSSR count). The van der Waals surface area contributed by atoms with Crippen LogP contribution in [0.5, 0.6) is 0 Å². The van der Waals surface area contributed by atoms with Crippen molar-refractivity contribution in [1.82, 2.24) is 14.9 Å². The molecule has 13 heteroatoms. The van der Waals surface area contributed by atoms with Crippen LogP contribution >= 0.6 is 12.4 Å². The van der Waals surface area contributed by atoms with E-state index in [-0.39, 0.29) is 48.7 Å². The molecule has 2 aromatic heterocycles. The van der Waals surface area contributed by atoms with Crippen molar-refractivity contribution in [3.63, 3.8) is 0 Å². The molecule has 12 nitrogen and oxygen atoms in total. The van der Waals surface area contributed by atoms with E-state index in [2.05, 4.69) is 25.9 Å². The Kier molecular flexibility index (Phi) is 8.02. The maximum Gasteiger partial charge on any atom is 0.272 e. The van der Waals surface area contributed by atoms with Crippen LogP contribution in [0.25, 0.3) is 0 Å². The molecule has 3 amide bonds. The molecular formula is C19H26ClN9O3. The lowest BCUT2D eigenvalue weighted by Gasteiger charge is -2.06. The van der Waals surface area contributed by atoms with Gasteiger partial charge in [-0.1, -0.05) is 0 Å². The molecular weight excluding hydrogens is 438 g/mol. The SMILES string of the molecule is Cl.Cn1cc(NC(=O)c2cc(NC(=O)[C@H]3CCC(N)=N3)c[nH]2)cc1C(=O)NCCC(=N)N. The van der Waals surface area contributed by atoms with Gasteiger partial charge in [0.15, 0.2) is 0 Å². The number of nitrogens with one attached hydrogen (secondary N) is 5. The smallest absolute Gasteiger partial charge is 0.272 e. The van der Waals surface area contributed by atoms with Crippen molar-refractivity contribution in [2.75, 3.05) is 17.2 Å². The van der Waals surface area contributed by atoms with Crippen molar-refractivity contribution < 1.29 is 14.4 Å². The number of anilines is 2. The van der Waals surface area contributed by atoms with E-state index in [1.165, 1.54) is 18.3 Å². The summed E-state index contributed by atoms with van der Waals surface area (Å²) in [6.07, 6.45) is 4.52. The van der Waals surface area contributed by atoms with Crippen LogP contribution in [-0.4, -0.2) is 51.5 Å². The number of aromatic amines is 1. The highest BCUT2D eigenvalue weighted by Gasteiger charge is 2.23. The van der Waals surface area contributed by atoms with Gasteiger partial charge in [-0.2, -0.15) is 0 Å². The molecule has 32 heavy (non-hydrogen) atoms. The number of aliphatic imine (C=N–C) groups is 1. The molecule has 0 saturated heterocycles. The van der Waals surface area contributed by atoms with Gasteiger partial charge >= 0.3 is 0 Å². The fraction of sp³-hybridized carbons (Fsp3) is 0.316. The van der Waals surface area contributed by atoms with E-state index < -0.39 is 11.9 Å². The molecule has 3 heterocycles. The summed E-state index contributed by atoms with van der Waals surface area (Å²) in [7, 11) is 1.68. The van der Waals surface area contributed by atoms with Gasteiger partial charge in [0.2, 0.25) is 5.91 Å². The zero-order chi connectivity index (χ0) is 22.5. The van der Waals surface area contributed by atoms with Crippen LogP contribution in [0.4, 0.5) is 11.4 Å². The zero-order valence-electron chi connectivity index (χ0n) is 17.4. The molecule has 1 aliphatic heterocycles. The predicted octanol–water partition coefficient (Wildman–Crippen LogP) is 0.541. The van der Waals surface area contributed by atoms with Gasteiger partial charge in [-0.05, 0) is 18.6 Å². The van der Waals surface area contributed by atoms with E-state index in [1.807, 2.05) is 0 Å². The number of carbonyl (C=O) groups is 3. The number of amidine groups is 2. The first-order valence-electron chi connectivity index (χ1n) is 9.63. The molecule has 0 bridgehead atoms. The average Bonchev–Trinajstić information content (AvgIpc) is 3.41. The van der Waals surface area contributed by atoms with Crippen LogP contribution in [0.3, 0.4) is 0 Å². The molecule has 172 valence electrons. The van der Waals surface area contributed by atoms with Crippen molar-refractivity contribution in [2.45, 2.75) is 25.3 Å². The molecule has 0 spiro atoms. The second-order valence-electron chi connectivity index (χ2n) is 7.18. The number of hydrogen-bond donors (Lipinski definition) is 7. The maximum atomic E-state index is 12.5. The second kappa shape index (κ2) is 10.5. The molecule has 0 fully saturated rings. The number of aromatic nitrogens is 2. The molecule has 9 N–H and O–H groups in total. The molecule has 1 atom stereocenters. The van der Waals surface area contributed by atoms with Gasteiger partial charge in [0, 0.05) is 38.8 Å². The Morgan fingerprint density at radius 2 is 2.00 bits per heavy atom. The van der Waals surface area contributed by atoms with Crippen LogP contribution in [0.2, 0.25) is 0 Å². The van der Waals surface area contributed by atoms with Gasteiger partial charge in [-0.3, -0.25) is 24.8 Å². The van der Waals surface area contributed by atoms with Crippen molar-refractivity contribution in [2.24, 2.45) is 23.5 Å². The number of nitrogens with zero attached hydrogens (tertiary/aromatic N) is 2. The molecule has 0 saturated carbocycles. The number of rotatable bonds is 8. The highest BCUT2D eigenvalue weighted by Crippen LogP contribution is 2.17. The van der Waals surface area contributed by atoms with Gasteiger partial charge in [-0.25, -0.2) is 0 Å². The molecule has 2 aromatic rings. The summed E-state index contributed by atoms with van der Waals surface area (Å²) in [5.41, 5.74) is 12.3. The van der Waals surface area contributed by atoms with E-state index in [0.29, 0.717) is 35.7 Å². The van der Waals surface area contributed by atoms with Crippen LogP contribution in [0, 0.1) is 5.41 Å². The Balaban J connectivity index is 0.00000363. The fourth-order valence-electron chi connectivity index (χ4n) is 3.09. The third kappa shape index (κ3) is 6.11. The number of aryl methyl sites for hydroxylation is 1. The monoisotopic (exact) mass is 463 g/mol. The first-order valence-corrected chi connectivity index (χ1v) is 9.63. The number of amides is 3. The predicted molar refractivity (Wildman–Crippen MR) is 124 cm³/mol. The summed E-state index contributed by atoms with van der Waals surface area (Å²) in [6.45, 7) is 0.247. The second-order valence-corrected chi connectivity index (χ2v) is 7.18. The standard InChI is InChI=1S/C19H25N9O3.ClH/c1-28-9-11(7-14(28)19(31)23-5-4-15(20)21)26-18(30)13-6-10(8-24-13)25-17(29)12-2-3-16(22)27-12;/h6-9,12,24H,2-5H2,1H3,(H3,20,21)(H2,22,27)(H,23,31)(H,25,29)(H,26,30);1H/t12-;/m1./s1. The fourth-order valence-corrected chi connectivity index (χ4v) is 3.09. The molecule has 1 aliphatic rings. The van der Waals surface area contributed by atoms with E-state index in [9.17, 15) is 14.4 Å². The third-order valence-electron chi connectivity index (χ3n) is 4.67. The number of H-pyrrole nitrogens is 1. The lowest BCUT2D eigenvalue weighted by Crippen LogP contribution is -2.28. The summed E-state index contributed by atoms with van der Waals surface area (Å²) < 4.78 is 1.58. The Hall–Kier alpha value is -3.80. The van der Waals surface area contributed by atoms with Crippen LogP contribution in [-0.2, 0) is 11.8 Å². The van der Waals surface area contributed by atoms with E-state index >= 15 is 0 Å². The Morgan fingerprint density at radius 1 is 1.25 bits per heavy atom. The van der Waals surface area contributed by atoms with Gasteiger partial charge in [0.1, 0.15) is 17.4 Å². The zero-order valence-corrected chi connectivity index (χ0v) is 18.2. The number of nitrogens with two attached hydrogens (primary N) is 2. The lowest BCUT2D eigenvalue weighted by molar-refractivity contribution is -0.117. The van der Waals surface area contributed by atoms with Gasteiger partial charge < -0.3 is 37.0 Å². The van der Waals surface area contributed by atoms with E-state index in [0.717, 1.165) is 0 Å². The molecule has 0 aliphatic carbocycles. The Bertz CT molecular complexity index is 1060. The van der Waals surface area contributed by atoms with Crippen molar-refractivity contribution >= 4 is 53.2 Å². The van der Waals surface area contributed by atoms with Crippen molar-refractivity contribution in [3.8, 4) is 0 Å². The third-order valence-corrected chi connectivity index (χ3v) is 4.67. The topological polar surface area (TPSA) is 196 Å². The summed E-state index contributed by atoms with van der Waals surface area (Å²) in [5, 5.41) is 15.2. The summed E-state index contributed by atoms with van der Waals surface area (Å²) in [4.78, 5) is 43.8. The largest absolute Gasteiger partial charge is 0.388 e. The number of hydrogen-bond acceptors (Lipinski definition) is 6. The number of carbonyl (C=O) groups excluding carboxylic acids is 3. The number of halogens is 1. The molecule has 0 aromatic carbocycles. The Morgan fingerprint density at radius 3 is 2.66 bits per heavy atom. The molecule has 0 unspecified atom stereocenters. The summed E-state index contributed by atoms with van der Waals surface area (Å²) in [6, 6.07) is 2.53. The van der Waals surface area contributed by atoms with E-state index in [1.54, 1.807) is 17.8 Å². The minimum atomic E-state index is -0.517. The van der Waals surface area contributed by atoms with E-state index in [4.69, 9.17) is 16.9 Å². The quantitative estimate of drug-likeness (QED) is 0.221. The molecule has 0 radical (unpaired) electrons. The van der Waals surface area contributed by atoms with Crippen molar-refractivity contribution in [3.05, 3.63) is 35.9 Å².